The number of ether oxygens (including phenoxy) is 1. The van der Waals surface area contributed by atoms with Gasteiger partial charge in [0, 0.05) is 30.6 Å². The molecule has 1 amide bonds. The molecule has 5 nitrogen and oxygen atoms in total. The minimum absolute atomic E-state index is 0.133. The Hall–Kier alpha value is -0.650. The molecular formula is C17H35N3O2. The van der Waals surface area contributed by atoms with E-state index in [1.54, 1.807) is 0 Å². The number of amides is 1. The lowest BCUT2D eigenvalue weighted by Crippen LogP contribution is -2.47. The highest BCUT2D eigenvalue weighted by molar-refractivity contribution is 5.79. The van der Waals surface area contributed by atoms with E-state index >= 15 is 0 Å². The number of hydrogen-bond acceptors (Lipinski definition) is 4. The zero-order valence-electron chi connectivity index (χ0n) is 15.1. The fourth-order valence-electron chi connectivity index (χ4n) is 2.61. The number of likely N-dealkylation sites (tertiary alicyclic amines) is 1. The van der Waals surface area contributed by atoms with Crippen LogP contribution in [0.1, 0.15) is 47.5 Å². The van der Waals surface area contributed by atoms with Crippen molar-refractivity contribution in [1.82, 2.24) is 15.5 Å². The first-order chi connectivity index (χ1) is 10.3. The third-order valence-corrected chi connectivity index (χ3v) is 3.81. The van der Waals surface area contributed by atoms with Crippen molar-refractivity contribution in [2.75, 3.05) is 39.4 Å². The van der Waals surface area contributed by atoms with Crippen LogP contribution in [0.25, 0.3) is 0 Å². The molecule has 22 heavy (non-hydrogen) atoms. The molecule has 2 N–H and O–H groups in total. The van der Waals surface area contributed by atoms with E-state index in [-0.39, 0.29) is 17.4 Å². The SMILES string of the molecule is CC(C)NCCOCCN1CCC(C(=O)NC(C)(C)C)CC1. The van der Waals surface area contributed by atoms with Gasteiger partial charge in [-0.3, -0.25) is 4.79 Å². The Kier molecular flexibility index (Phi) is 8.36. The Morgan fingerprint density at radius 2 is 1.86 bits per heavy atom. The summed E-state index contributed by atoms with van der Waals surface area (Å²) >= 11 is 0. The smallest absolute Gasteiger partial charge is 0.223 e. The van der Waals surface area contributed by atoms with Crippen LogP contribution in [-0.4, -0.2) is 61.8 Å². The molecule has 0 bridgehead atoms. The highest BCUT2D eigenvalue weighted by Gasteiger charge is 2.26. The summed E-state index contributed by atoms with van der Waals surface area (Å²) in [4.78, 5) is 14.5. The minimum Gasteiger partial charge on any atom is -0.379 e. The molecule has 1 heterocycles. The first-order valence-electron chi connectivity index (χ1n) is 8.63. The molecule has 0 spiro atoms. The van der Waals surface area contributed by atoms with Gasteiger partial charge in [-0.15, -0.1) is 0 Å². The minimum atomic E-state index is -0.133. The Balaban J connectivity index is 2.09. The predicted molar refractivity (Wildman–Crippen MR) is 91.0 cm³/mol. The second-order valence-electron chi connectivity index (χ2n) is 7.58. The summed E-state index contributed by atoms with van der Waals surface area (Å²) in [5.74, 6) is 0.384. The van der Waals surface area contributed by atoms with Crippen molar-refractivity contribution in [3.8, 4) is 0 Å². The van der Waals surface area contributed by atoms with Crippen LogP contribution >= 0.6 is 0 Å². The number of carbonyl (C=O) groups is 1. The molecule has 130 valence electrons. The van der Waals surface area contributed by atoms with E-state index in [1.165, 1.54) is 0 Å². The fraction of sp³-hybridized carbons (Fsp3) is 0.941. The number of nitrogens with one attached hydrogen (secondary N) is 2. The molecule has 0 aromatic heterocycles. The van der Waals surface area contributed by atoms with Crippen molar-refractivity contribution < 1.29 is 9.53 Å². The van der Waals surface area contributed by atoms with Gasteiger partial charge in [0.2, 0.25) is 5.91 Å². The lowest BCUT2D eigenvalue weighted by Gasteiger charge is -2.32. The lowest BCUT2D eigenvalue weighted by atomic mass is 9.94. The number of rotatable bonds is 8. The van der Waals surface area contributed by atoms with E-state index in [2.05, 4.69) is 29.4 Å². The maximum absolute atomic E-state index is 12.1. The first-order valence-corrected chi connectivity index (χ1v) is 8.63. The summed E-state index contributed by atoms with van der Waals surface area (Å²) in [7, 11) is 0. The second kappa shape index (κ2) is 9.48. The van der Waals surface area contributed by atoms with Crippen LogP contribution in [0.15, 0.2) is 0 Å². The van der Waals surface area contributed by atoms with E-state index in [1.807, 2.05) is 20.8 Å². The van der Waals surface area contributed by atoms with Gasteiger partial charge in [-0.25, -0.2) is 0 Å². The van der Waals surface area contributed by atoms with Gasteiger partial charge in [0.15, 0.2) is 0 Å². The number of nitrogens with zero attached hydrogens (tertiary/aromatic N) is 1. The van der Waals surface area contributed by atoms with Crippen molar-refractivity contribution in [1.29, 1.82) is 0 Å². The van der Waals surface area contributed by atoms with Crippen LogP contribution in [-0.2, 0) is 9.53 Å². The maximum Gasteiger partial charge on any atom is 0.223 e. The van der Waals surface area contributed by atoms with E-state index in [9.17, 15) is 4.79 Å². The molecule has 0 aromatic carbocycles. The topological polar surface area (TPSA) is 53.6 Å². The number of piperidine rings is 1. The third kappa shape index (κ3) is 8.71. The summed E-state index contributed by atoms with van der Waals surface area (Å²) in [6, 6.07) is 0.516. The van der Waals surface area contributed by atoms with Gasteiger partial charge in [-0.05, 0) is 46.7 Å². The summed E-state index contributed by atoms with van der Waals surface area (Å²) < 4.78 is 5.64. The molecule has 1 fully saturated rings. The molecule has 1 aliphatic heterocycles. The van der Waals surface area contributed by atoms with Gasteiger partial charge >= 0.3 is 0 Å². The Bertz CT molecular complexity index is 318. The van der Waals surface area contributed by atoms with Gasteiger partial charge < -0.3 is 20.3 Å². The van der Waals surface area contributed by atoms with Crippen LogP contribution in [0.5, 0.6) is 0 Å². The van der Waals surface area contributed by atoms with E-state index in [0.29, 0.717) is 6.04 Å². The number of carbonyl (C=O) groups excluding carboxylic acids is 1. The highest BCUT2D eigenvalue weighted by atomic mass is 16.5. The van der Waals surface area contributed by atoms with E-state index in [0.717, 1.165) is 52.2 Å². The van der Waals surface area contributed by atoms with Gasteiger partial charge in [0.1, 0.15) is 0 Å². The molecule has 0 aromatic rings. The van der Waals surface area contributed by atoms with Crippen LogP contribution in [0, 0.1) is 5.92 Å². The lowest BCUT2D eigenvalue weighted by molar-refractivity contribution is -0.127. The normalized spacial score (nSPS) is 17.9. The Labute approximate surface area is 136 Å². The van der Waals surface area contributed by atoms with Gasteiger partial charge in [-0.1, -0.05) is 13.8 Å². The van der Waals surface area contributed by atoms with Gasteiger partial charge in [0.25, 0.3) is 0 Å². The standard InChI is InChI=1S/C17H35N3O2/c1-14(2)18-8-12-22-13-11-20-9-6-15(7-10-20)16(21)19-17(3,4)5/h14-15,18H,6-13H2,1-5H3,(H,19,21). The molecule has 0 unspecified atom stereocenters. The average molecular weight is 313 g/mol. The van der Waals surface area contributed by atoms with E-state index in [4.69, 9.17) is 4.74 Å². The van der Waals surface area contributed by atoms with Crippen LogP contribution < -0.4 is 10.6 Å². The van der Waals surface area contributed by atoms with Crippen molar-refractivity contribution in [2.45, 2.75) is 59.0 Å². The summed E-state index contributed by atoms with van der Waals surface area (Å²) in [6.45, 7) is 15.8. The Morgan fingerprint density at radius 1 is 1.23 bits per heavy atom. The predicted octanol–water partition coefficient (Wildman–Crippen LogP) is 1.63. The molecule has 5 heteroatoms. The number of hydrogen-bond donors (Lipinski definition) is 2. The molecule has 0 aliphatic carbocycles. The zero-order chi connectivity index (χ0) is 16.6. The maximum atomic E-state index is 12.1. The monoisotopic (exact) mass is 313 g/mol. The van der Waals surface area contributed by atoms with Crippen molar-refractivity contribution in [2.24, 2.45) is 5.92 Å². The molecule has 1 aliphatic rings. The first kappa shape index (κ1) is 19.4. The molecule has 1 rings (SSSR count). The van der Waals surface area contributed by atoms with E-state index < -0.39 is 0 Å². The largest absolute Gasteiger partial charge is 0.379 e. The molecule has 0 atom stereocenters. The van der Waals surface area contributed by atoms with Crippen LogP contribution in [0.4, 0.5) is 0 Å². The molecular weight excluding hydrogens is 278 g/mol. The molecule has 1 saturated heterocycles. The summed E-state index contributed by atoms with van der Waals surface area (Å²) in [5, 5.41) is 6.43. The van der Waals surface area contributed by atoms with Gasteiger partial charge in [0.05, 0.1) is 13.2 Å². The summed E-state index contributed by atoms with van der Waals surface area (Å²) in [6.07, 6.45) is 1.91. The van der Waals surface area contributed by atoms with Crippen molar-refractivity contribution in [3.05, 3.63) is 0 Å². The third-order valence-electron chi connectivity index (χ3n) is 3.81. The average Bonchev–Trinajstić information content (AvgIpc) is 2.41. The second-order valence-corrected chi connectivity index (χ2v) is 7.58. The zero-order valence-corrected chi connectivity index (χ0v) is 15.1. The van der Waals surface area contributed by atoms with Crippen LogP contribution in [0.3, 0.4) is 0 Å². The molecule has 0 radical (unpaired) electrons. The quantitative estimate of drug-likeness (QED) is 0.669. The highest BCUT2D eigenvalue weighted by Crippen LogP contribution is 2.18. The van der Waals surface area contributed by atoms with Crippen LogP contribution in [0.2, 0.25) is 0 Å². The fourth-order valence-corrected chi connectivity index (χ4v) is 2.61. The van der Waals surface area contributed by atoms with Crippen molar-refractivity contribution >= 4 is 5.91 Å². The van der Waals surface area contributed by atoms with Gasteiger partial charge in [-0.2, -0.15) is 0 Å². The summed E-state index contributed by atoms with van der Waals surface area (Å²) in [5.41, 5.74) is -0.133. The van der Waals surface area contributed by atoms with Crippen molar-refractivity contribution in [3.63, 3.8) is 0 Å². The Morgan fingerprint density at radius 3 is 2.41 bits per heavy atom. The molecule has 0 saturated carbocycles.